The molecule has 0 unspecified atom stereocenters. The summed E-state index contributed by atoms with van der Waals surface area (Å²) in [5, 5.41) is 23.2. The number of hydrogen-bond donors (Lipinski definition) is 7. The zero-order valence-corrected chi connectivity index (χ0v) is 28.4. The van der Waals surface area contributed by atoms with Crippen LogP contribution in [-0.4, -0.2) is 112 Å². The first kappa shape index (κ1) is 43.9. The molecule has 0 rings (SSSR count). The lowest BCUT2D eigenvalue weighted by molar-refractivity contribution is -0.137. The summed E-state index contributed by atoms with van der Waals surface area (Å²) in [6.07, 6.45) is 11.0. The van der Waals surface area contributed by atoms with Crippen LogP contribution < -0.4 is 31.9 Å². The van der Waals surface area contributed by atoms with Gasteiger partial charge in [-0.25, -0.2) is 0 Å². The maximum absolute atomic E-state index is 11.9. The maximum Gasteiger partial charge on any atom is 0.322 e. The molecule has 0 aliphatic carbocycles. The number of carboxylic acid groups (broad SMARTS) is 1. The monoisotopic (exact) mass is 684 g/mol. The first-order chi connectivity index (χ1) is 23.0. The van der Waals surface area contributed by atoms with Crippen molar-refractivity contribution in [2.24, 2.45) is 0 Å². The largest absolute Gasteiger partial charge is 0.480 e. The van der Waals surface area contributed by atoms with Gasteiger partial charge >= 0.3 is 5.97 Å². The third-order valence-corrected chi connectivity index (χ3v) is 6.69. The molecule has 16 nitrogen and oxygen atoms in total. The molecule has 0 aliphatic heterocycles. The first-order valence-corrected chi connectivity index (χ1v) is 16.7. The topological polar surface area (TPSA) is 230 Å². The van der Waals surface area contributed by atoms with Crippen LogP contribution >= 0.6 is 0 Å². The van der Waals surface area contributed by atoms with Crippen molar-refractivity contribution in [3.63, 3.8) is 0 Å². The molecule has 0 saturated carbocycles. The van der Waals surface area contributed by atoms with E-state index in [2.05, 4.69) is 38.5 Å². The molecule has 0 bridgehead atoms. The average Bonchev–Trinajstić information content (AvgIpc) is 3.05. The van der Waals surface area contributed by atoms with Gasteiger partial charge in [-0.3, -0.25) is 33.6 Å². The average molecular weight is 685 g/mol. The van der Waals surface area contributed by atoms with E-state index in [0.29, 0.717) is 57.9 Å². The van der Waals surface area contributed by atoms with Crippen LogP contribution in [0.25, 0.3) is 0 Å². The number of unbranched alkanes of at least 4 members (excludes halogenated alkanes) is 9. The molecule has 0 atom stereocenters. The smallest absolute Gasteiger partial charge is 0.322 e. The lowest BCUT2D eigenvalue weighted by atomic mass is 10.0. The van der Waals surface area contributed by atoms with Crippen molar-refractivity contribution in [2.45, 2.75) is 84.0 Å². The van der Waals surface area contributed by atoms with Crippen molar-refractivity contribution in [1.82, 2.24) is 31.9 Å². The number of carboxylic acids is 1. The Morgan fingerprint density at radius 2 is 0.833 bits per heavy atom. The van der Waals surface area contributed by atoms with Crippen LogP contribution in [0, 0.1) is 0 Å². The van der Waals surface area contributed by atoms with Crippen molar-refractivity contribution in [2.75, 3.05) is 65.7 Å². The standard InChI is InChI=1S/C32H56N6O10/c1-25(2)32(46)34-16-18-48-20-19-47-17-15-33-26(39)13-11-9-7-5-3-4-6-8-10-12-14-27(40)35-21-28(41)36-22-29(42)37-23-30(43)38-24-31(44)45/h1,3-24H2,2H3,(H,33,39)(H,34,46)(H,35,40)(H,36,41)(H,37,42)(H,38,43)(H,44,45). The molecule has 6 amide bonds. The quantitative estimate of drug-likeness (QED) is 0.0383. The Morgan fingerprint density at radius 3 is 1.25 bits per heavy atom. The van der Waals surface area contributed by atoms with Gasteiger partial charge in [0, 0.05) is 31.5 Å². The van der Waals surface area contributed by atoms with Gasteiger partial charge < -0.3 is 46.5 Å². The molecule has 0 aromatic heterocycles. The second-order valence-electron chi connectivity index (χ2n) is 11.1. The molecular weight excluding hydrogens is 628 g/mol. The number of nitrogens with one attached hydrogen (secondary N) is 6. The fourth-order valence-corrected chi connectivity index (χ4v) is 4.03. The van der Waals surface area contributed by atoms with Crippen molar-refractivity contribution < 1.29 is 48.1 Å². The molecule has 0 aromatic rings. The van der Waals surface area contributed by atoms with Crippen molar-refractivity contribution >= 4 is 41.4 Å². The van der Waals surface area contributed by atoms with Gasteiger partial charge in [-0.05, 0) is 19.8 Å². The van der Waals surface area contributed by atoms with E-state index in [9.17, 15) is 33.6 Å². The molecular formula is C32H56N6O10. The van der Waals surface area contributed by atoms with Crippen LogP contribution in [-0.2, 0) is 43.0 Å². The Balaban J connectivity index is 3.47. The fourth-order valence-electron chi connectivity index (χ4n) is 4.03. The van der Waals surface area contributed by atoms with E-state index in [-0.39, 0.29) is 30.8 Å². The normalized spacial score (nSPS) is 10.4. The number of carbonyl (C=O) groups excluding carboxylic acids is 6. The van der Waals surface area contributed by atoms with Gasteiger partial charge in [0.1, 0.15) is 6.54 Å². The van der Waals surface area contributed by atoms with Gasteiger partial charge in [0.15, 0.2) is 0 Å². The molecule has 0 saturated heterocycles. The summed E-state index contributed by atoms with van der Waals surface area (Å²) >= 11 is 0. The van der Waals surface area contributed by atoms with Gasteiger partial charge in [0.2, 0.25) is 35.4 Å². The SMILES string of the molecule is C=C(C)C(=O)NCCOCCOCCNC(=O)CCCCCCCCCCCCC(=O)NCC(=O)NCC(=O)NCC(=O)NCC(=O)O. The van der Waals surface area contributed by atoms with Crippen molar-refractivity contribution in [3.8, 4) is 0 Å². The van der Waals surface area contributed by atoms with Crippen LogP contribution in [0.1, 0.15) is 84.0 Å². The minimum atomic E-state index is -1.21. The predicted octanol–water partition coefficient (Wildman–Crippen LogP) is 0.0587. The summed E-state index contributed by atoms with van der Waals surface area (Å²) in [5.74, 6) is -3.45. The lowest BCUT2D eigenvalue weighted by Crippen LogP contribution is -2.44. The summed E-state index contributed by atoms with van der Waals surface area (Å²) in [7, 11) is 0. The molecule has 0 spiro atoms. The Kier molecular flexibility index (Phi) is 27.7. The summed E-state index contributed by atoms with van der Waals surface area (Å²) in [6, 6.07) is 0. The summed E-state index contributed by atoms with van der Waals surface area (Å²) < 4.78 is 10.8. The number of rotatable bonds is 31. The molecule has 0 fully saturated rings. The first-order valence-electron chi connectivity index (χ1n) is 16.7. The molecule has 0 radical (unpaired) electrons. The van der Waals surface area contributed by atoms with Crippen LogP contribution in [0.15, 0.2) is 12.2 Å². The van der Waals surface area contributed by atoms with E-state index in [4.69, 9.17) is 14.6 Å². The summed E-state index contributed by atoms with van der Waals surface area (Å²) in [5.41, 5.74) is 0.459. The molecule has 16 heteroatoms. The fraction of sp³-hybridized carbons (Fsp3) is 0.719. The van der Waals surface area contributed by atoms with E-state index in [1.54, 1.807) is 6.92 Å². The third kappa shape index (κ3) is 30.6. The van der Waals surface area contributed by atoms with Gasteiger partial charge in [-0.15, -0.1) is 0 Å². The Hall–Kier alpha value is -4.05. The van der Waals surface area contributed by atoms with E-state index in [1.165, 1.54) is 0 Å². The van der Waals surface area contributed by atoms with Crippen LogP contribution in [0.2, 0.25) is 0 Å². The number of carbonyl (C=O) groups is 7. The van der Waals surface area contributed by atoms with Gasteiger partial charge in [0.05, 0.1) is 46.1 Å². The highest BCUT2D eigenvalue weighted by atomic mass is 16.5. The summed E-state index contributed by atoms with van der Waals surface area (Å²) in [4.78, 5) is 80.3. The number of aliphatic carboxylic acids is 1. The Morgan fingerprint density at radius 1 is 0.479 bits per heavy atom. The van der Waals surface area contributed by atoms with Gasteiger partial charge in [-0.1, -0.05) is 57.9 Å². The van der Waals surface area contributed by atoms with Crippen molar-refractivity contribution in [1.29, 1.82) is 0 Å². The highest BCUT2D eigenvalue weighted by molar-refractivity contribution is 5.92. The van der Waals surface area contributed by atoms with Crippen LogP contribution in [0.4, 0.5) is 0 Å². The van der Waals surface area contributed by atoms with E-state index >= 15 is 0 Å². The molecule has 0 heterocycles. The Labute approximate surface area is 283 Å². The molecule has 48 heavy (non-hydrogen) atoms. The minimum Gasteiger partial charge on any atom is -0.480 e. The van der Waals surface area contributed by atoms with E-state index in [1.807, 2.05) is 0 Å². The lowest BCUT2D eigenvalue weighted by Gasteiger charge is -2.08. The number of ether oxygens (including phenoxy) is 2. The number of amides is 6. The highest BCUT2D eigenvalue weighted by Gasteiger charge is 2.10. The Bertz CT molecular complexity index is 1010. The maximum atomic E-state index is 11.9. The molecule has 274 valence electrons. The minimum absolute atomic E-state index is 0.0292. The summed E-state index contributed by atoms with van der Waals surface area (Å²) in [6.45, 7) is 6.12. The second-order valence-corrected chi connectivity index (χ2v) is 11.1. The van der Waals surface area contributed by atoms with Crippen LogP contribution in [0.3, 0.4) is 0 Å². The predicted molar refractivity (Wildman–Crippen MR) is 178 cm³/mol. The van der Waals surface area contributed by atoms with E-state index in [0.717, 1.165) is 64.2 Å². The molecule has 0 aromatic carbocycles. The van der Waals surface area contributed by atoms with Gasteiger partial charge in [0.25, 0.3) is 0 Å². The zero-order chi connectivity index (χ0) is 35.8. The van der Waals surface area contributed by atoms with Crippen LogP contribution in [0.5, 0.6) is 0 Å². The second kappa shape index (κ2) is 30.3. The highest BCUT2D eigenvalue weighted by Crippen LogP contribution is 2.12. The van der Waals surface area contributed by atoms with E-state index < -0.39 is 36.8 Å². The molecule has 0 aliphatic rings. The zero-order valence-electron chi connectivity index (χ0n) is 28.4. The molecule has 7 N–H and O–H groups in total. The van der Waals surface area contributed by atoms with Crippen molar-refractivity contribution in [3.05, 3.63) is 12.2 Å². The third-order valence-electron chi connectivity index (χ3n) is 6.69. The van der Waals surface area contributed by atoms with Gasteiger partial charge in [-0.2, -0.15) is 0 Å². The number of hydrogen-bond acceptors (Lipinski definition) is 9.